The fraction of sp³-hybridized carbons (Fsp3) is 0.588. The zero-order valence-electron chi connectivity index (χ0n) is 13.4. The Labute approximate surface area is 123 Å². The Hall–Kier alpha value is -1.35. The van der Waals surface area contributed by atoms with Gasteiger partial charge in [-0.2, -0.15) is 0 Å². The highest BCUT2D eigenvalue weighted by Gasteiger charge is 2.26. The Bertz CT molecular complexity index is 420. The topological polar surface area (TPSA) is 46.3 Å². The Morgan fingerprint density at radius 3 is 2.20 bits per heavy atom. The molecule has 3 nitrogen and oxygen atoms in total. The number of rotatable bonds is 5. The highest BCUT2D eigenvalue weighted by atomic mass is 16.2. The monoisotopic (exact) mass is 276 g/mol. The largest absolute Gasteiger partial charge is 0.336 e. The lowest BCUT2D eigenvalue weighted by atomic mass is 9.85. The first-order valence-electron chi connectivity index (χ1n) is 7.30. The van der Waals surface area contributed by atoms with Crippen LogP contribution in [0.2, 0.25) is 0 Å². The second-order valence-corrected chi connectivity index (χ2v) is 6.78. The fourth-order valence-electron chi connectivity index (χ4n) is 1.95. The van der Waals surface area contributed by atoms with E-state index in [0.29, 0.717) is 13.0 Å². The van der Waals surface area contributed by atoms with Gasteiger partial charge in [-0.15, -0.1) is 0 Å². The van der Waals surface area contributed by atoms with Gasteiger partial charge in [-0.25, -0.2) is 0 Å². The molecule has 0 radical (unpaired) electrons. The molecule has 0 spiro atoms. The van der Waals surface area contributed by atoms with Crippen molar-refractivity contribution in [2.24, 2.45) is 11.1 Å². The summed E-state index contributed by atoms with van der Waals surface area (Å²) in [5, 5.41) is 0. The standard InChI is InChI=1S/C17H28N2O/c1-13(2)19(12-14-9-7-6-8-10-14)16(20)11-15(18)17(3,4)5/h6-10,13,15H,11-12,18H2,1-5H3. The van der Waals surface area contributed by atoms with Crippen molar-refractivity contribution < 1.29 is 4.79 Å². The molecule has 1 rings (SSSR count). The minimum absolute atomic E-state index is 0.0505. The van der Waals surface area contributed by atoms with Crippen LogP contribution in [0.5, 0.6) is 0 Å². The Morgan fingerprint density at radius 2 is 1.75 bits per heavy atom. The van der Waals surface area contributed by atoms with Crippen LogP contribution in [0.1, 0.15) is 46.6 Å². The summed E-state index contributed by atoms with van der Waals surface area (Å²) < 4.78 is 0. The molecule has 1 aromatic carbocycles. The molecule has 3 heteroatoms. The second kappa shape index (κ2) is 6.89. The number of carbonyl (C=O) groups is 1. The summed E-state index contributed by atoms with van der Waals surface area (Å²) in [6.07, 6.45) is 0.397. The van der Waals surface area contributed by atoms with Crippen LogP contribution in [0.3, 0.4) is 0 Å². The molecule has 0 aliphatic carbocycles. The summed E-state index contributed by atoms with van der Waals surface area (Å²) in [5.74, 6) is 0.131. The van der Waals surface area contributed by atoms with Crippen LogP contribution in [0, 0.1) is 5.41 Å². The average Bonchev–Trinajstić information content (AvgIpc) is 2.35. The molecule has 0 aliphatic heterocycles. The van der Waals surface area contributed by atoms with E-state index < -0.39 is 0 Å². The van der Waals surface area contributed by atoms with Gasteiger partial charge >= 0.3 is 0 Å². The van der Waals surface area contributed by atoms with Crippen molar-refractivity contribution in [2.45, 2.75) is 59.7 Å². The minimum atomic E-state index is -0.118. The number of nitrogens with zero attached hydrogens (tertiary/aromatic N) is 1. The maximum atomic E-state index is 12.5. The molecule has 1 amide bonds. The quantitative estimate of drug-likeness (QED) is 0.897. The van der Waals surface area contributed by atoms with Crippen molar-refractivity contribution in [3.63, 3.8) is 0 Å². The molecule has 1 aromatic rings. The van der Waals surface area contributed by atoms with Gasteiger partial charge in [0.25, 0.3) is 0 Å². The van der Waals surface area contributed by atoms with Gasteiger partial charge in [-0.05, 0) is 24.8 Å². The van der Waals surface area contributed by atoms with Crippen LogP contribution in [-0.2, 0) is 11.3 Å². The normalized spacial score (nSPS) is 13.3. The van der Waals surface area contributed by atoms with Crippen molar-refractivity contribution in [1.82, 2.24) is 4.90 Å². The van der Waals surface area contributed by atoms with E-state index in [0.717, 1.165) is 5.56 Å². The summed E-state index contributed by atoms with van der Waals surface area (Å²) in [6, 6.07) is 10.1. The summed E-state index contributed by atoms with van der Waals surface area (Å²) >= 11 is 0. The Morgan fingerprint density at radius 1 is 1.20 bits per heavy atom. The van der Waals surface area contributed by atoms with E-state index in [4.69, 9.17) is 5.73 Å². The highest BCUT2D eigenvalue weighted by Crippen LogP contribution is 2.21. The number of benzene rings is 1. The van der Waals surface area contributed by atoms with E-state index in [2.05, 4.69) is 20.8 Å². The van der Waals surface area contributed by atoms with Crippen molar-refractivity contribution in [1.29, 1.82) is 0 Å². The molecular formula is C17H28N2O. The number of hydrogen-bond donors (Lipinski definition) is 1. The Kier molecular flexibility index (Phi) is 5.75. The zero-order valence-corrected chi connectivity index (χ0v) is 13.4. The maximum Gasteiger partial charge on any atom is 0.224 e. The van der Waals surface area contributed by atoms with E-state index in [1.165, 1.54) is 0 Å². The minimum Gasteiger partial charge on any atom is -0.336 e. The van der Waals surface area contributed by atoms with Gasteiger partial charge in [-0.3, -0.25) is 4.79 Å². The highest BCUT2D eigenvalue weighted by molar-refractivity contribution is 5.77. The lowest BCUT2D eigenvalue weighted by Gasteiger charge is -2.32. The smallest absolute Gasteiger partial charge is 0.224 e. The molecule has 1 atom stereocenters. The first-order valence-corrected chi connectivity index (χ1v) is 7.30. The second-order valence-electron chi connectivity index (χ2n) is 6.78. The molecular weight excluding hydrogens is 248 g/mol. The third-order valence-corrected chi connectivity index (χ3v) is 3.65. The summed E-state index contributed by atoms with van der Waals surface area (Å²) in [6.45, 7) is 11.0. The SMILES string of the molecule is CC(C)N(Cc1ccccc1)C(=O)CC(N)C(C)(C)C. The molecule has 0 saturated heterocycles. The number of amides is 1. The predicted octanol–water partition coefficient (Wildman–Crippen LogP) is 3.19. The molecule has 0 saturated carbocycles. The average molecular weight is 276 g/mol. The molecule has 0 aliphatic rings. The molecule has 0 fully saturated rings. The molecule has 2 N–H and O–H groups in total. The van der Waals surface area contributed by atoms with Crippen molar-refractivity contribution in [3.05, 3.63) is 35.9 Å². The van der Waals surface area contributed by atoms with Crippen LogP contribution < -0.4 is 5.73 Å². The van der Waals surface area contributed by atoms with Gasteiger partial charge < -0.3 is 10.6 Å². The van der Waals surface area contributed by atoms with Crippen LogP contribution in [0.4, 0.5) is 0 Å². The number of hydrogen-bond acceptors (Lipinski definition) is 2. The van der Waals surface area contributed by atoms with E-state index >= 15 is 0 Å². The van der Waals surface area contributed by atoms with Crippen molar-refractivity contribution in [2.75, 3.05) is 0 Å². The zero-order chi connectivity index (χ0) is 15.3. The van der Waals surface area contributed by atoms with Gasteiger partial charge in [0.15, 0.2) is 0 Å². The van der Waals surface area contributed by atoms with Gasteiger partial charge in [0, 0.05) is 25.0 Å². The summed E-state index contributed by atoms with van der Waals surface area (Å²) in [7, 11) is 0. The first-order chi connectivity index (χ1) is 9.21. The first kappa shape index (κ1) is 16.7. The third kappa shape index (κ3) is 4.97. The van der Waals surface area contributed by atoms with Gasteiger partial charge in [0.2, 0.25) is 5.91 Å². The third-order valence-electron chi connectivity index (χ3n) is 3.65. The van der Waals surface area contributed by atoms with Crippen molar-refractivity contribution >= 4 is 5.91 Å². The van der Waals surface area contributed by atoms with Crippen LogP contribution in [0.25, 0.3) is 0 Å². The lowest BCUT2D eigenvalue weighted by Crippen LogP contribution is -2.43. The Balaban J connectivity index is 2.74. The van der Waals surface area contributed by atoms with Gasteiger partial charge in [0.05, 0.1) is 0 Å². The molecule has 1 unspecified atom stereocenters. The van der Waals surface area contributed by atoms with Gasteiger partial charge in [-0.1, -0.05) is 51.1 Å². The summed E-state index contributed by atoms with van der Waals surface area (Å²) in [4.78, 5) is 14.4. The van der Waals surface area contributed by atoms with Crippen LogP contribution >= 0.6 is 0 Å². The van der Waals surface area contributed by atoms with E-state index in [-0.39, 0.29) is 23.4 Å². The van der Waals surface area contributed by atoms with Crippen LogP contribution in [-0.4, -0.2) is 22.9 Å². The number of carbonyl (C=O) groups excluding carboxylic acids is 1. The molecule has 0 heterocycles. The molecule has 0 aromatic heterocycles. The van der Waals surface area contributed by atoms with E-state index in [9.17, 15) is 4.79 Å². The fourth-order valence-corrected chi connectivity index (χ4v) is 1.95. The van der Waals surface area contributed by atoms with Gasteiger partial charge in [0.1, 0.15) is 0 Å². The number of nitrogens with two attached hydrogens (primary N) is 1. The van der Waals surface area contributed by atoms with Crippen molar-refractivity contribution in [3.8, 4) is 0 Å². The predicted molar refractivity (Wildman–Crippen MR) is 84.2 cm³/mol. The van der Waals surface area contributed by atoms with E-state index in [1.807, 2.05) is 49.1 Å². The summed E-state index contributed by atoms with van der Waals surface area (Å²) in [5.41, 5.74) is 7.24. The molecule has 20 heavy (non-hydrogen) atoms. The molecule has 112 valence electrons. The van der Waals surface area contributed by atoms with Crippen LogP contribution in [0.15, 0.2) is 30.3 Å². The molecule has 0 bridgehead atoms. The maximum absolute atomic E-state index is 12.5. The lowest BCUT2D eigenvalue weighted by molar-refractivity contribution is -0.134. The van der Waals surface area contributed by atoms with E-state index in [1.54, 1.807) is 0 Å².